The van der Waals surface area contributed by atoms with Crippen LogP contribution >= 0.6 is 0 Å². The van der Waals surface area contributed by atoms with Crippen LogP contribution in [0.3, 0.4) is 0 Å². The van der Waals surface area contributed by atoms with Crippen LogP contribution in [0.1, 0.15) is 10.4 Å². The highest BCUT2D eigenvalue weighted by Gasteiger charge is 2.07. The molecule has 1 N–H and O–H groups in total. The largest absolute Gasteiger partial charge is 0.479 e. The lowest BCUT2D eigenvalue weighted by molar-refractivity contribution is 0.102. The van der Waals surface area contributed by atoms with Crippen molar-refractivity contribution in [2.75, 3.05) is 11.9 Å². The van der Waals surface area contributed by atoms with E-state index in [2.05, 4.69) is 10.3 Å². The molecule has 0 saturated heterocycles. The molecule has 0 aliphatic heterocycles. The van der Waals surface area contributed by atoms with Gasteiger partial charge in [0.1, 0.15) is 11.8 Å². The zero-order chi connectivity index (χ0) is 14.4. The molecule has 2 aromatic rings. The molecule has 0 aliphatic rings. The number of pyridine rings is 1. The first-order valence-electron chi connectivity index (χ1n) is 5.72. The Balaban J connectivity index is 2.07. The van der Waals surface area contributed by atoms with Crippen molar-refractivity contribution >= 4 is 11.6 Å². The van der Waals surface area contributed by atoms with Crippen LogP contribution in [-0.4, -0.2) is 17.5 Å². The van der Waals surface area contributed by atoms with Gasteiger partial charge in [-0.1, -0.05) is 6.07 Å². The van der Waals surface area contributed by atoms with E-state index in [9.17, 15) is 9.18 Å². The molecule has 1 heterocycles. The summed E-state index contributed by atoms with van der Waals surface area (Å²) in [7, 11) is 0. The normalized spacial score (nSPS) is 9.60. The molecule has 0 radical (unpaired) electrons. The Bertz CT molecular complexity index is 650. The number of anilines is 1. The average molecular weight is 271 g/mol. The Hall–Kier alpha value is -2.94. The number of nitrogens with one attached hydrogen (secondary N) is 1. The van der Waals surface area contributed by atoms with Gasteiger partial charge in [-0.3, -0.25) is 4.79 Å². The fraction of sp³-hybridized carbons (Fsp3) is 0.0714. The highest BCUT2D eigenvalue weighted by Crippen LogP contribution is 2.18. The van der Waals surface area contributed by atoms with E-state index >= 15 is 0 Å². The minimum atomic E-state index is -0.645. The number of carbonyl (C=O) groups is 1. The van der Waals surface area contributed by atoms with E-state index in [1.54, 1.807) is 24.3 Å². The van der Waals surface area contributed by atoms with E-state index in [1.807, 2.05) is 6.07 Å². The second kappa shape index (κ2) is 6.29. The van der Waals surface area contributed by atoms with Crippen molar-refractivity contribution in [1.29, 1.82) is 5.26 Å². The molecule has 0 spiro atoms. The quantitative estimate of drug-likeness (QED) is 0.866. The molecule has 0 fully saturated rings. The number of halogens is 1. The summed E-state index contributed by atoms with van der Waals surface area (Å²) in [4.78, 5) is 15.3. The maximum atomic E-state index is 12.7. The number of hydrogen-bond donors (Lipinski definition) is 1. The summed E-state index contributed by atoms with van der Waals surface area (Å²) in [6.07, 6.45) is 1.15. The fourth-order valence-corrected chi connectivity index (χ4v) is 1.49. The molecule has 0 bridgehead atoms. The summed E-state index contributed by atoms with van der Waals surface area (Å²) in [6.45, 7) is -0.0702. The number of amides is 1. The number of carbonyl (C=O) groups excluding carboxylic acids is 1. The molecule has 6 heteroatoms. The molecular formula is C14H10FN3O2. The van der Waals surface area contributed by atoms with Crippen LogP contribution in [0.25, 0.3) is 0 Å². The minimum Gasteiger partial charge on any atom is -0.479 e. The molecule has 1 aromatic carbocycles. The predicted molar refractivity (Wildman–Crippen MR) is 69.7 cm³/mol. The summed E-state index contributed by atoms with van der Waals surface area (Å²) in [5, 5.41) is 11.1. The Morgan fingerprint density at radius 2 is 2.25 bits per heavy atom. The molecule has 1 aromatic heterocycles. The molecular weight excluding hydrogens is 261 g/mol. The van der Waals surface area contributed by atoms with Crippen molar-refractivity contribution in [1.82, 2.24) is 4.98 Å². The van der Waals surface area contributed by atoms with Gasteiger partial charge in [0.25, 0.3) is 5.91 Å². The van der Waals surface area contributed by atoms with E-state index in [4.69, 9.17) is 10.00 Å². The van der Waals surface area contributed by atoms with Crippen molar-refractivity contribution in [3.05, 3.63) is 54.1 Å². The number of nitriles is 1. The summed E-state index contributed by atoms with van der Waals surface area (Å²) in [6, 6.07) is 10.9. The van der Waals surface area contributed by atoms with Gasteiger partial charge in [-0.15, -0.1) is 0 Å². The molecule has 0 atom stereocenters. The zero-order valence-corrected chi connectivity index (χ0v) is 10.3. The Kier molecular flexibility index (Phi) is 4.24. The van der Waals surface area contributed by atoms with Gasteiger partial charge in [0.2, 0.25) is 5.95 Å². The third-order valence-corrected chi connectivity index (χ3v) is 2.38. The van der Waals surface area contributed by atoms with Crippen molar-refractivity contribution in [3.63, 3.8) is 0 Å². The van der Waals surface area contributed by atoms with Gasteiger partial charge in [-0.2, -0.15) is 9.65 Å². The maximum absolute atomic E-state index is 12.7. The molecule has 1 amide bonds. The SMILES string of the molecule is N#CCOc1cccc(NC(=O)c2ccc(F)nc2)c1. The molecule has 2 rings (SSSR count). The van der Waals surface area contributed by atoms with Crippen LogP contribution in [0, 0.1) is 17.3 Å². The number of hydrogen-bond acceptors (Lipinski definition) is 4. The van der Waals surface area contributed by atoms with E-state index in [0.717, 1.165) is 12.3 Å². The fourth-order valence-electron chi connectivity index (χ4n) is 1.49. The predicted octanol–water partition coefficient (Wildman–Crippen LogP) is 2.38. The third-order valence-electron chi connectivity index (χ3n) is 2.38. The Labute approximate surface area is 114 Å². The highest BCUT2D eigenvalue weighted by atomic mass is 19.1. The molecule has 0 unspecified atom stereocenters. The lowest BCUT2D eigenvalue weighted by Gasteiger charge is -2.07. The van der Waals surface area contributed by atoms with Gasteiger partial charge in [0, 0.05) is 18.0 Å². The van der Waals surface area contributed by atoms with E-state index in [0.29, 0.717) is 11.4 Å². The van der Waals surface area contributed by atoms with Crippen molar-refractivity contribution < 1.29 is 13.9 Å². The smallest absolute Gasteiger partial charge is 0.257 e. The summed E-state index contributed by atoms with van der Waals surface area (Å²) in [5.74, 6) is -0.579. The molecule has 100 valence electrons. The van der Waals surface area contributed by atoms with E-state index in [-0.39, 0.29) is 12.2 Å². The van der Waals surface area contributed by atoms with Gasteiger partial charge >= 0.3 is 0 Å². The van der Waals surface area contributed by atoms with Crippen LogP contribution in [0.15, 0.2) is 42.6 Å². The van der Waals surface area contributed by atoms with Crippen molar-refractivity contribution in [2.45, 2.75) is 0 Å². The van der Waals surface area contributed by atoms with Gasteiger partial charge in [-0.05, 0) is 24.3 Å². The van der Waals surface area contributed by atoms with Crippen molar-refractivity contribution in [2.24, 2.45) is 0 Å². The zero-order valence-electron chi connectivity index (χ0n) is 10.3. The number of nitrogens with zero attached hydrogens (tertiary/aromatic N) is 2. The maximum Gasteiger partial charge on any atom is 0.257 e. The summed E-state index contributed by atoms with van der Waals surface area (Å²) in [5.41, 5.74) is 0.754. The van der Waals surface area contributed by atoms with Crippen LogP contribution < -0.4 is 10.1 Å². The Morgan fingerprint density at radius 1 is 1.40 bits per heavy atom. The second-order valence-corrected chi connectivity index (χ2v) is 3.80. The number of benzene rings is 1. The van der Waals surface area contributed by atoms with Gasteiger partial charge < -0.3 is 10.1 Å². The van der Waals surface area contributed by atoms with E-state index < -0.39 is 11.9 Å². The van der Waals surface area contributed by atoms with Crippen LogP contribution in [0.5, 0.6) is 5.75 Å². The summed E-state index contributed by atoms with van der Waals surface area (Å²) >= 11 is 0. The monoisotopic (exact) mass is 271 g/mol. The van der Waals surface area contributed by atoms with Gasteiger partial charge in [0.15, 0.2) is 6.61 Å². The third kappa shape index (κ3) is 3.53. The number of ether oxygens (including phenoxy) is 1. The standard InChI is InChI=1S/C14H10FN3O2/c15-13-5-4-10(9-17-13)14(19)18-11-2-1-3-12(8-11)20-7-6-16/h1-5,8-9H,7H2,(H,18,19). The average Bonchev–Trinajstić information content (AvgIpc) is 2.46. The second-order valence-electron chi connectivity index (χ2n) is 3.80. The molecule has 20 heavy (non-hydrogen) atoms. The molecule has 0 aliphatic carbocycles. The molecule has 5 nitrogen and oxygen atoms in total. The van der Waals surface area contributed by atoms with Gasteiger partial charge in [0.05, 0.1) is 5.56 Å². The lowest BCUT2D eigenvalue weighted by atomic mass is 10.2. The first kappa shape index (κ1) is 13.5. The minimum absolute atomic E-state index is 0.0702. The summed E-state index contributed by atoms with van der Waals surface area (Å²) < 4.78 is 17.8. The van der Waals surface area contributed by atoms with Crippen LogP contribution in [0.4, 0.5) is 10.1 Å². The number of aromatic nitrogens is 1. The van der Waals surface area contributed by atoms with Crippen LogP contribution in [0.2, 0.25) is 0 Å². The topological polar surface area (TPSA) is 75.0 Å². The number of rotatable bonds is 4. The molecule has 0 saturated carbocycles. The Morgan fingerprint density at radius 3 is 2.95 bits per heavy atom. The lowest BCUT2D eigenvalue weighted by Crippen LogP contribution is -2.12. The highest BCUT2D eigenvalue weighted by molar-refractivity contribution is 6.04. The van der Waals surface area contributed by atoms with Gasteiger partial charge in [-0.25, -0.2) is 4.98 Å². The van der Waals surface area contributed by atoms with Crippen molar-refractivity contribution in [3.8, 4) is 11.8 Å². The first-order valence-corrected chi connectivity index (χ1v) is 5.72. The first-order chi connectivity index (χ1) is 9.69. The van der Waals surface area contributed by atoms with Crippen LogP contribution in [-0.2, 0) is 0 Å². The van der Waals surface area contributed by atoms with E-state index in [1.165, 1.54) is 6.07 Å².